The van der Waals surface area contributed by atoms with Crippen LogP contribution in [0.1, 0.15) is 21.2 Å². The van der Waals surface area contributed by atoms with Crippen molar-refractivity contribution < 1.29 is 32.6 Å². The molecule has 0 N–H and O–H groups in total. The maximum absolute atomic E-state index is 2.57. The fourth-order valence-corrected chi connectivity index (χ4v) is 14.8. The Balaban J connectivity index is 0.000000882. The average molecular weight is 413 g/mol. The summed E-state index contributed by atoms with van der Waals surface area (Å²) in [5.41, 5.74) is 4.84. The molecule has 3 atom stereocenters. The van der Waals surface area contributed by atoms with Gasteiger partial charge in [0.15, 0.2) is 0 Å². The van der Waals surface area contributed by atoms with Crippen molar-refractivity contribution in [1.82, 2.24) is 0 Å². The van der Waals surface area contributed by atoms with E-state index in [-0.39, 0.29) is 17.0 Å². The molecule has 2 aliphatic carbocycles. The summed E-state index contributed by atoms with van der Waals surface area (Å²) < 4.78 is 2.72. The molecule has 1 heterocycles. The number of hydrogen-bond donors (Lipinski definition) is 0. The molecule has 1 aromatic carbocycles. The van der Waals surface area contributed by atoms with E-state index >= 15 is 0 Å². The molecular formula is C17H18F2P2Zr. The summed E-state index contributed by atoms with van der Waals surface area (Å²) >= 11 is -0.502. The zero-order chi connectivity index (χ0) is 13.7. The van der Waals surface area contributed by atoms with E-state index in [9.17, 15) is 0 Å². The third-order valence-corrected chi connectivity index (χ3v) is 16.1. The van der Waals surface area contributed by atoms with Crippen LogP contribution in [0.5, 0.6) is 0 Å². The molecule has 22 heavy (non-hydrogen) atoms. The van der Waals surface area contributed by atoms with Crippen LogP contribution in [0.2, 0.25) is 0 Å². The minimum Gasteiger partial charge on any atom is -1.00 e. The van der Waals surface area contributed by atoms with Crippen molar-refractivity contribution >= 4 is 21.3 Å². The molecule has 0 saturated carbocycles. The van der Waals surface area contributed by atoms with Crippen molar-refractivity contribution in [3.63, 3.8) is 0 Å². The summed E-state index contributed by atoms with van der Waals surface area (Å²) in [6.07, 6.45) is 10.1. The maximum Gasteiger partial charge on any atom is -1.00 e. The fraction of sp³-hybridized carbons (Fsp3) is 0.294. The van der Waals surface area contributed by atoms with E-state index in [1.165, 1.54) is 18.1 Å². The molecule has 4 rings (SSSR count). The van der Waals surface area contributed by atoms with E-state index in [0.29, 0.717) is 7.61 Å². The van der Waals surface area contributed by atoms with Gasteiger partial charge >= 0.3 is 136 Å². The van der Waals surface area contributed by atoms with Crippen LogP contribution in [0, 0.1) is 0 Å². The van der Waals surface area contributed by atoms with Gasteiger partial charge in [-0.3, -0.25) is 0 Å². The summed E-state index contributed by atoms with van der Waals surface area (Å²) in [5, 5.41) is 1.89. The van der Waals surface area contributed by atoms with Gasteiger partial charge in [0.25, 0.3) is 0 Å². The molecular weight excluding hydrogens is 395 g/mol. The first kappa shape index (κ1) is 18.4. The second-order valence-electron chi connectivity index (χ2n) is 5.71. The van der Waals surface area contributed by atoms with Gasteiger partial charge in [0.05, 0.1) is 0 Å². The molecule has 1 aromatic rings. The van der Waals surface area contributed by atoms with Gasteiger partial charge in [0.1, 0.15) is 0 Å². The van der Waals surface area contributed by atoms with Crippen LogP contribution < -0.4 is 9.41 Å². The Kier molecular flexibility index (Phi) is 6.09. The third kappa shape index (κ3) is 3.02. The Hall–Kier alpha value is 0.0431. The number of rotatable bonds is 2. The van der Waals surface area contributed by atoms with Gasteiger partial charge in [-0.05, 0) is 0 Å². The van der Waals surface area contributed by atoms with Gasteiger partial charge in [-0.1, -0.05) is 0 Å². The second kappa shape index (κ2) is 7.29. The predicted octanol–water partition coefficient (Wildman–Crippen LogP) is -0.461. The molecule has 0 spiro atoms. The maximum atomic E-state index is 2.57. The van der Waals surface area contributed by atoms with Gasteiger partial charge < -0.3 is 9.41 Å². The van der Waals surface area contributed by atoms with Crippen LogP contribution in [0.15, 0.2) is 50.6 Å². The van der Waals surface area contributed by atoms with E-state index in [2.05, 4.69) is 55.8 Å². The molecule has 0 bridgehead atoms. The summed E-state index contributed by atoms with van der Waals surface area (Å²) in [5.74, 6) is 0. The smallest absolute Gasteiger partial charge is 1.00 e. The summed E-state index contributed by atoms with van der Waals surface area (Å²) in [6.45, 7) is 5.06. The van der Waals surface area contributed by atoms with Crippen molar-refractivity contribution in [2.45, 2.75) is 10.0 Å². The number of allylic oxidation sites excluding steroid dienone is 5. The van der Waals surface area contributed by atoms with Crippen molar-refractivity contribution in [3.05, 3.63) is 61.7 Å². The molecule has 0 nitrogen and oxygen atoms in total. The largest absolute Gasteiger partial charge is 1.00 e. The van der Waals surface area contributed by atoms with Gasteiger partial charge in [-0.25, -0.2) is 0 Å². The molecule has 1 aliphatic heterocycles. The predicted molar refractivity (Wildman–Crippen MR) is 88.5 cm³/mol. The number of fused-ring (bicyclic) bond motifs is 2. The monoisotopic (exact) mass is 412 g/mol. The van der Waals surface area contributed by atoms with Crippen molar-refractivity contribution in [1.29, 1.82) is 0 Å². The molecule has 5 heteroatoms. The van der Waals surface area contributed by atoms with Crippen molar-refractivity contribution in [3.8, 4) is 0 Å². The van der Waals surface area contributed by atoms with Crippen molar-refractivity contribution in [2.75, 3.05) is 19.5 Å². The Bertz CT molecular complexity index is 666. The van der Waals surface area contributed by atoms with E-state index in [4.69, 9.17) is 0 Å². The molecule has 3 aliphatic rings. The Labute approximate surface area is 144 Å². The van der Waals surface area contributed by atoms with E-state index in [0.717, 1.165) is 3.63 Å². The average Bonchev–Trinajstić information content (AvgIpc) is 3.10. The standard InChI is InChI=1S/C9H7.C8H11P2.2FH.Zr/c1-2-5-9-7-3-6-8(9)4-1;1-9-6-7-4-3-5-8(7)10(9)2;;;/h1-7H;4H,3,6H2,1-2H3;2*1H;/q;;;;+2/p-2. The quantitative estimate of drug-likeness (QED) is 0.576. The van der Waals surface area contributed by atoms with Crippen LogP contribution in [-0.4, -0.2) is 19.5 Å². The summed E-state index contributed by atoms with van der Waals surface area (Å²) in [4.78, 5) is 0. The zero-order valence-corrected chi connectivity index (χ0v) is 16.9. The first-order valence-electron chi connectivity index (χ1n) is 7.15. The van der Waals surface area contributed by atoms with Gasteiger partial charge in [-0.15, -0.1) is 0 Å². The molecule has 1 saturated heterocycles. The van der Waals surface area contributed by atoms with Crippen LogP contribution in [-0.2, 0) is 23.2 Å². The molecule has 0 amide bonds. The molecule has 1 fully saturated rings. The zero-order valence-electron chi connectivity index (χ0n) is 12.7. The normalized spacial score (nSPS) is 27.5. The fourth-order valence-electron chi connectivity index (χ4n) is 3.37. The third-order valence-electron chi connectivity index (χ3n) is 4.51. The van der Waals surface area contributed by atoms with Crippen LogP contribution >= 0.6 is 15.2 Å². The molecule has 0 aromatic heterocycles. The first-order chi connectivity index (χ1) is 9.74. The SMILES string of the molecule is CP1CC2=CC[C]([Zr+2][CH]3C=Cc4ccccc43)=C2P1C.[F-].[F-]. The summed E-state index contributed by atoms with van der Waals surface area (Å²) in [7, 11) is 0.492. The molecule has 3 unspecified atom stereocenters. The van der Waals surface area contributed by atoms with E-state index in [1.54, 1.807) is 11.1 Å². The van der Waals surface area contributed by atoms with Gasteiger partial charge in [-0.2, -0.15) is 0 Å². The topological polar surface area (TPSA) is 0 Å². The van der Waals surface area contributed by atoms with E-state index < -0.39 is 23.2 Å². The Morgan fingerprint density at radius 3 is 2.73 bits per heavy atom. The molecule has 0 radical (unpaired) electrons. The Morgan fingerprint density at radius 1 is 1.14 bits per heavy atom. The minimum absolute atomic E-state index is 0. The van der Waals surface area contributed by atoms with Crippen LogP contribution in [0.25, 0.3) is 6.08 Å². The van der Waals surface area contributed by atoms with Crippen LogP contribution in [0.4, 0.5) is 0 Å². The number of benzene rings is 1. The second-order valence-corrected chi connectivity index (χ2v) is 16.4. The van der Waals surface area contributed by atoms with Crippen LogP contribution in [0.3, 0.4) is 0 Å². The van der Waals surface area contributed by atoms with E-state index in [1.807, 2.05) is 8.60 Å². The Morgan fingerprint density at radius 2 is 1.91 bits per heavy atom. The van der Waals surface area contributed by atoms with Gasteiger partial charge in [0.2, 0.25) is 0 Å². The summed E-state index contributed by atoms with van der Waals surface area (Å²) in [6, 6.07) is 9.00. The number of halogens is 2. The minimum atomic E-state index is -0.502. The first-order valence-corrected chi connectivity index (χ1v) is 14.3. The van der Waals surface area contributed by atoms with Crippen molar-refractivity contribution in [2.24, 2.45) is 0 Å². The molecule has 114 valence electrons. The van der Waals surface area contributed by atoms with Gasteiger partial charge in [0, 0.05) is 0 Å². The number of hydrogen-bond acceptors (Lipinski definition) is 0.